The third-order valence-corrected chi connectivity index (χ3v) is 5.56. The molecule has 1 aliphatic rings. The van der Waals surface area contributed by atoms with Crippen molar-refractivity contribution in [2.45, 2.75) is 25.9 Å². The number of nitrogens with one attached hydrogen (secondary N) is 1. The molecule has 4 nitrogen and oxygen atoms in total. The number of hydrogen-bond acceptors (Lipinski definition) is 4. The summed E-state index contributed by atoms with van der Waals surface area (Å²) in [5, 5.41) is 3.37. The molecule has 0 saturated carbocycles. The molecule has 0 aliphatic carbocycles. The highest BCUT2D eigenvalue weighted by molar-refractivity contribution is 7.91. The van der Waals surface area contributed by atoms with Gasteiger partial charge in [-0.25, -0.2) is 8.42 Å². The molecule has 0 aromatic heterocycles. The Kier molecular flexibility index (Phi) is 5.57. The largest absolute Gasteiger partial charge is 0.312 e. The van der Waals surface area contributed by atoms with E-state index in [4.69, 9.17) is 0 Å². The average Bonchev–Trinajstić information content (AvgIpc) is 2.78. The Morgan fingerprint density at radius 3 is 2.65 bits per heavy atom. The summed E-state index contributed by atoms with van der Waals surface area (Å²) in [7, 11) is -2.78. The van der Waals surface area contributed by atoms with Crippen molar-refractivity contribution in [3.8, 4) is 0 Å². The number of benzene rings is 1. The van der Waals surface area contributed by atoms with Crippen LogP contribution in [0.5, 0.6) is 0 Å². The van der Waals surface area contributed by atoms with E-state index in [1.807, 2.05) is 6.07 Å². The van der Waals surface area contributed by atoms with E-state index in [1.54, 1.807) is 0 Å². The fourth-order valence-corrected chi connectivity index (χ4v) is 4.28. The van der Waals surface area contributed by atoms with Crippen LogP contribution in [0.4, 0.5) is 0 Å². The van der Waals surface area contributed by atoms with Crippen molar-refractivity contribution in [1.29, 1.82) is 0 Å². The molecule has 1 atom stereocenters. The molecular formula is C15H24N2O2S. The van der Waals surface area contributed by atoms with Crippen LogP contribution in [0.2, 0.25) is 0 Å². The van der Waals surface area contributed by atoms with Crippen molar-refractivity contribution >= 4 is 9.84 Å². The smallest absolute Gasteiger partial charge is 0.151 e. The van der Waals surface area contributed by atoms with Crippen molar-refractivity contribution in [2.75, 3.05) is 31.1 Å². The quantitative estimate of drug-likeness (QED) is 0.823. The van der Waals surface area contributed by atoms with Gasteiger partial charge >= 0.3 is 0 Å². The van der Waals surface area contributed by atoms with E-state index in [2.05, 4.69) is 41.4 Å². The second kappa shape index (κ2) is 7.20. The van der Waals surface area contributed by atoms with Gasteiger partial charge in [-0.3, -0.25) is 4.90 Å². The normalized spacial score (nSPS) is 21.4. The summed E-state index contributed by atoms with van der Waals surface area (Å²) in [5.74, 6) is 0.643. The van der Waals surface area contributed by atoms with Crippen LogP contribution in [-0.2, 0) is 16.4 Å². The molecule has 5 heteroatoms. The molecule has 0 radical (unpaired) electrons. The minimum atomic E-state index is -2.78. The Bertz CT molecular complexity index is 502. The Morgan fingerprint density at radius 2 is 2.05 bits per heavy atom. The molecule has 1 aliphatic heterocycles. The van der Waals surface area contributed by atoms with Gasteiger partial charge in [0.05, 0.1) is 11.5 Å². The van der Waals surface area contributed by atoms with Crippen molar-refractivity contribution in [1.82, 2.24) is 10.2 Å². The maximum absolute atomic E-state index is 11.4. The van der Waals surface area contributed by atoms with Crippen LogP contribution in [0.25, 0.3) is 0 Å². The molecule has 1 saturated heterocycles. The van der Waals surface area contributed by atoms with Crippen LogP contribution in [-0.4, -0.2) is 50.5 Å². The second-order valence-corrected chi connectivity index (χ2v) is 7.64. The summed E-state index contributed by atoms with van der Waals surface area (Å²) in [6.45, 7) is 5.90. The fourth-order valence-electron chi connectivity index (χ4n) is 2.57. The van der Waals surface area contributed by atoms with Crippen LogP contribution in [0.3, 0.4) is 0 Å². The highest BCUT2D eigenvalue weighted by Gasteiger charge is 2.27. The van der Waals surface area contributed by atoms with Gasteiger partial charge in [0.2, 0.25) is 0 Å². The Morgan fingerprint density at radius 1 is 1.30 bits per heavy atom. The zero-order valence-electron chi connectivity index (χ0n) is 12.1. The van der Waals surface area contributed by atoms with Gasteiger partial charge in [-0.1, -0.05) is 37.3 Å². The first-order valence-corrected chi connectivity index (χ1v) is 9.11. The standard InChI is InChI=1S/C15H24N2O2S/c1-2-17(12-14-6-4-3-5-7-14)10-9-16-15-8-11-20(18,19)13-15/h3-7,15-16H,2,8-13H2,1H3. The lowest BCUT2D eigenvalue weighted by atomic mass is 10.2. The van der Waals surface area contributed by atoms with Crippen molar-refractivity contribution in [2.24, 2.45) is 0 Å². The summed E-state index contributed by atoms with van der Waals surface area (Å²) in [5.41, 5.74) is 1.32. The maximum atomic E-state index is 11.4. The highest BCUT2D eigenvalue weighted by atomic mass is 32.2. The van der Waals surface area contributed by atoms with Crippen molar-refractivity contribution in [3.05, 3.63) is 35.9 Å². The van der Waals surface area contributed by atoms with Crippen LogP contribution >= 0.6 is 0 Å². The summed E-state index contributed by atoms with van der Waals surface area (Å²) in [4.78, 5) is 2.37. The number of likely N-dealkylation sites (N-methyl/N-ethyl adjacent to an activating group) is 1. The molecule has 0 spiro atoms. The van der Waals surface area contributed by atoms with Gasteiger partial charge < -0.3 is 5.32 Å². The fraction of sp³-hybridized carbons (Fsp3) is 0.600. The molecule has 1 aromatic rings. The lowest BCUT2D eigenvalue weighted by Gasteiger charge is -2.21. The van der Waals surface area contributed by atoms with E-state index in [-0.39, 0.29) is 6.04 Å². The third kappa shape index (κ3) is 4.89. The summed E-state index contributed by atoms with van der Waals surface area (Å²) < 4.78 is 22.8. The lowest BCUT2D eigenvalue weighted by molar-refractivity contribution is 0.275. The van der Waals surface area contributed by atoms with Gasteiger partial charge in [-0.2, -0.15) is 0 Å². The molecule has 112 valence electrons. The SMILES string of the molecule is CCN(CCNC1CCS(=O)(=O)C1)Cc1ccccc1. The predicted molar refractivity (Wildman–Crippen MR) is 82.5 cm³/mol. The lowest BCUT2D eigenvalue weighted by Crippen LogP contribution is -2.37. The molecule has 1 heterocycles. The van der Waals surface area contributed by atoms with Crippen LogP contribution in [0.15, 0.2) is 30.3 Å². The highest BCUT2D eigenvalue weighted by Crippen LogP contribution is 2.11. The molecule has 1 unspecified atom stereocenters. The van der Waals surface area contributed by atoms with E-state index in [1.165, 1.54) is 5.56 Å². The van der Waals surface area contributed by atoms with Crippen LogP contribution in [0.1, 0.15) is 18.9 Å². The third-order valence-electron chi connectivity index (χ3n) is 3.79. The van der Waals surface area contributed by atoms with Gasteiger partial charge in [0.25, 0.3) is 0 Å². The zero-order valence-corrected chi connectivity index (χ0v) is 12.9. The topological polar surface area (TPSA) is 49.4 Å². The number of sulfone groups is 1. The number of rotatable bonds is 7. The van der Waals surface area contributed by atoms with Gasteiger partial charge in [0.1, 0.15) is 0 Å². The minimum absolute atomic E-state index is 0.149. The number of nitrogens with zero attached hydrogens (tertiary/aromatic N) is 1. The monoisotopic (exact) mass is 296 g/mol. The zero-order chi connectivity index (χ0) is 14.4. The first-order chi connectivity index (χ1) is 9.59. The van der Waals surface area contributed by atoms with Crippen molar-refractivity contribution in [3.63, 3.8) is 0 Å². The van der Waals surface area contributed by atoms with E-state index in [0.717, 1.165) is 32.6 Å². The van der Waals surface area contributed by atoms with Crippen LogP contribution < -0.4 is 5.32 Å². The predicted octanol–water partition coefficient (Wildman–Crippen LogP) is 1.29. The van der Waals surface area contributed by atoms with Gasteiger partial charge in [-0.05, 0) is 18.5 Å². The first kappa shape index (κ1) is 15.5. The molecule has 1 N–H and O–H groups in total. The van der Waals surface area contributed by atoms with E-state index < -0.39 is 9.84 Å². The Hall–Kier alpha value is -0.910. The van der Waals surface area contributed by atoms with Gasteiger partial charge in [0.15, 0.2) is 9.84 Å². The second-order valence-electron chi connectivity index (χ2n) is 5.41. The first-order valence-electron chi connectivity index (χ1n) is 7.29. The molecule has 20 heavy (non-hydrogen) atoms. The van der Waals surface area contributed by atoms with Gasteiger partial charge in [0, 0.05) is 25.7 Å². The molecule has 2 rings (SSSR count). The molecule has 0 bridgehead atoms. The van der Waals surface area contributed by atoms with E-state index >= 15 is 0 Å². The van der Waals surface area contributed by atoms with Crippen molar-refractivity contribution < 1.29 is 8.42 Å². The Labute approximate surface area is 122 Å². The number of hydrogen-bond donors (Lipinski definition) is 1. The summed E-state index contributed by atoms with van der Waals surface area (Å²) >= 11 is 0. The summed E-state index contributed by atoms with van der Waals surface area (Å²) in [6.07, 6.45) is 0.757. The van der Waals surface area contributed by atoms with E-state index in [0.29, 0.717) is 11.5 Å². The molecule has 0 amide bonds. The van der Waals surface area contributed by atoms with Gasteiger partial charge in [-0.15, -0.1) is 0 Å². The van der Waals surface area contributed by atoms with E-state index in [9.17, 15) is 8.42 Å². The summed E-state index contributed by atoms with van der Waals surface area (Å²) in [6, 6.07) is 10.6. The minimum Gasteiger partial charge on any atom is -0.312 e. The van der Waals surface area contributed by atoms with Crippen LogP contribution in [0, 0.1) is 0 Å². The Balaban J connectivity index is 1.72. The molecular weight excluding hydrogens is 272 g/mol. The maximum Gasteiger partial charge on any atom is 0.151 e. The average molecular weight is 296 g/mol. The molecule has 1 aromatic carbocycles. The molecule has 1 fully saturated rings.